The number of hydrogen-bond acceptors (Lipinski definition) is 5. The second-order valence-electron chi connectivity index (χ2n) is 7.20. The first-order valence-corrected chi connectivity index (χ1v) is 10.4. The van der Waals surface area contributed by atoms with Crippen molar-refractivity contribution in [2.45, 2.75) is 25.2 Å². The SMILES string of the molecule is Cc1nc(-c2ccccn2)sc1C(=O)NCC1(c2ccccc2F)CCOCC1. The molecule has 1 aliphatic heterocycles. The average molecular weight is 412 g/mol. The number of halogens is 1. The molecule has 1 aliphatic rings. The Morgan fingerprint density at radius 3 is 2.69 bits per heavy atom. The van der Waals surface area contributed by atoms with Crippen molar-refractivity contribution >= 4 is 17.2 Å². The predicted octanol–water partition coefficient (Wildman–Crippen LogP) is 4.13. The largest absolute Gasteiger partial charge is 0.381 e. The van der Waals surface area contributed by atoms with Crippen LogP contribution in [0.1, 0.15) is 33.8 Å². The molecule has 7 heteroatoms. The molecule has 0 bridgehead atoms. The molecular formula is C22H22FN3O2S. The molecular weight excluding hydrogens is 389 g/mol. The third kappa shape index (κ3) is 4.06. The van der Waals surface area contributed by atoms with Gasteiger partial charge in [0, 0.05) is 31.4 Å². The van der Waals surface area contributed by atoms with Crippen molar-refractivity contribution in [3.8, 4) is 10.7 Å². The molecule has 0 aliphatic carbocycles. The van der Waals surface area contributed by atoms with E-state index in [0.29, 0.717) is 53.7 Å². The standard InChI is InChI=1S/C22H22FN3O2S/c1-15-19(29-21(26-15)18-8-4-5-11-24-18)20(27)25-14-22(9-12-28-13-10-22)16-6-2-3-7-17(16)23/h2-8,11H,9-10,12-14H2,1H3,(H,25,27). The van der Waals surface area contributed by atoms with Crippen molar-refractivity contribution in [3.63, 3.8) is 0 Å². The van der Waals surface area contributed by atoms with Crippen molar-refractivity contribution in [3.05, 3.63) is 70.6 Å². The monoisotopic (exact) mass is 411 g/mol. The summed E-state index contributed by atoms with van der Waals surface area (Å²) in [5.41, 5.74) is 1.58. The summed E-state index contributed by atoms with van der Waals surface area (Å²) in [7, 11) is 0. The lowest BCUT2D eigenvalue weighted by atomic mass is 9.74. The highest BCUT2D eigenvalue weighted by molar-refractivity contribution is 7.17. The first-order valence-electron chi connectivity index (χ1n) is 9.59. The number of thiazole rings is 1. The lowest BCUT2D eigenvalue weighted by Crippen LogP contribution is -2.45. The molecule has 0 unspecified atom stereocenters. The third-order valence-electron chi connectivity index (χ3n) is 5.37. The summed E-state index contributed by atoms with van der Waals surface area (Å²) in [5, 5.41) is 3.74. The molecule has 1 aromatic carbocycles. The van der Waals surface area contributed by atoms with Gasteiger partial charge in [-0.05, 0) is 43.5 Å². The number of ether oxygens (including phenoxy) is 1. The van der Waals surface area contributed by atoms with E-state index >= 15 is 0 Å². The number of pyridine rings is 1. The maximum atomic E-state index is 14.6. The fourth-order valence-electron chi connectivity index (χ4n) is 3.73. The number of rotatable bonds is 5. The van der Waals surface area contributed by atoms with E-state index in [1.54, 1.807) is 12.3 Å². The number of nitrogens with zero attached hydrogens (tertiary/aromatic N) is 2. The quantitative estimate of drug-likeness (QED) is 0.686. The van der Waals surface area contributed by atoms with Gasteiger partial charge in [-0.25, -0.2) is 9.37 Å². The van der Waals surface area contributed by atoms with Gasteiger partial charge in [0.2, 0.25) is 0 Å². The van der Waals surface area contributed by atoms with Crippen molar-refractivity contribution in [1.29, 1.82) is 0 Å². The number of carbonyl (C=O) groups excluding carboxylic acids is 1. The second kappa shape index (κ2) is 8.39. The molecule has 3 heterocycles. The molecule has 1 N–H and O–H groups in total. The van der Waals surface area contributed by atoms with E-state index in [2.05, 4.69) is 15.3 Å². The van der Waals surface area contributed by atoms with Crippen LogP contribution in [0.2, 0.25) is 0 Å². The fourth-order valence-corrected chi connectivity index (χ4v) is 4.69. The lowest BCUT2D eigenvalue weighted by molar-refractivity contribution is 0.0475. The Balaban J connectivity index is 1.55. The number of carbonyl (C=O) groups is 1. The van der Waals surface area contributed by atoms with Crippen molar-refractivity contribution in [1.82, 2.24) is 15.3 Å². The fraction of sp³-hybridized carbons (Fsp3) is 0.318. The predicted molar refractivity (Wildman–Crippen MR) is 111 cm³/mol. The minimum Gasteiger partial charge on any atom is -0.381 e. The summed E-state index contributed by atoms with van der Waals surface area (Å²) in [6.07, 6.45) is 3.03. The van der Waals surface area contributed by atoms with E-state index in [1.165, 1.54) is 17.4 Å². The molecule has 2 aromatic heterocycles. The van der Waals surface area contributed by atoms with E-state index in [1.807, 2.05) is 37.3 Å². The highest BCUT2D eigenvalue weighted by Gasteiger charge is 2.37. The van der Waals surface area contributed by atoms with Gasteiger partial charge in [-0.15, -0.1) is 11.3 Å². The van der Waals surface area contributed by atoms with Gasteiger partial charge < -0.3 is 10.1 Å². The number of amides is 1. The molecule has 0 radical (unpaired) electrons. The summed E-state index contributed by atoms with van der Waals surface area (Å²) in [5.74, 6) is -0.431. The zero-order valence-electron chi connectivity index (χ0n) is 16.2. The highest BCUT2D eigenvalue weighted by atomic mass is 32.1. The van der Waals surface area contributed by atoms with Crippen LogP contribution in [0.4, 0.5) is 4.39 Å². The van der Waals surface area contributed by atoms with E-state index in [-0.39, 0.29) is 11.7 Å². The molecule has 5 nitrogen and oxygen atoms in total. The Hall–Kier alpha value is -2.64. The van der Waals surface area contributed by atoms with Crippen LogP contribution < -0.4 is 5.32 Å². The lowest BCUT2D eigenvalue weighted by Gasteiger charge is -2.38. The highest BCUT2D eigenvalue weighted by Crippen LogP contribution is 2.36. The van der Waals surface area contributed by atoms with Crippen LogP contribution >= 0.6 is 11.3 Å². The molecule has 0 saturated carbocycles. The zero-order chi connectivity index (χ0) is 20.3. The Morgan fingerprint density at radius 1 is 1.21 bits per heavy atom. The summed E-state index contributed by atoms with van der Waals surface area (Å²) in [4.78, 5) is 22.3. The Morgan fingerprint density at radius 2 is 1.97 bits per heavy atom. The van der Waals surface area contributed by atoms with Crippen LogP contribution in [0.15, 0.2) is 48.7 Å². The second-order valence-corrected chi connectivity index (χ2v) is 8.20. The number of aryl methyl sites for hydroxylation is 1. The first-order chi connectivity index (χ1) is 14.1. The average Bonchev–Trinajstić information content (AvgIpc) is 3.15. The molecule has 3 aromatic rings. The summed E-state index contributed by atoms with van der Waals surface area (Å²) in [6.45, 7) is 3.27. The van der Waals surface area contributed by atoms with E-state index in [4.69, 9.17) is 4.74 Å². The van der Waals surface area contributed by atoms with Crippen LogP contribution in [0.25, 0.3) is 10.7 Å². The van der Waals surface area contributed by atoms with Gasteiger partial charge in [0.25, 0.3) is 5.91 Å². The van der Waals surface area contributed by atoms with Gasteiger partial charge in [-0.2, -0.15) is 0 Å². The summed E-state index contributed by atoms with van der Waals surface area (Å²) < 4.78 is 20.1. The molecule has 1 amide bonds. The number of aromatic nitrogens is 2. The molecule has 0 atom stereocenters. The van der Waals surface area contributed by atoms with E-state index in [0.717, 1.165) is 5.69 Å². The summed E-state index contributed by atoms with van der Waals surface area (Å²) in [6, 6.07) is 12.4. The normalized spacial score (nSPS) is 15.8. The van der Waals surface area contributed by atoms with Gasteiger partial charge in [-0.3, -0.25) is 9.78 Å². The van der Waals surface area contributed by atoms with Crippen molar-refractivity contribution in [2.75, 3.05) is 19.8 Å². The molecule has 0 spiro atoms. The molecule has 150 valence electrons. The van der Waals surface area contributed by atoms with Crippen LogP contribution in [0.3, 0.4) is 0 Å². The van der Waals surface area contributed by atoms with Crippen LogP contribution in [-0.2, 0) is 10.2 Å². The minimum absolute atomic E-state index is 0.190. The number of benzene rings is 1. The maximum Gasteiger partial charge on any atom is 0.263 e. The Kier molecular flexibility index (Phi) is 5.69. The number of hydrogen-bond donors (Lipinski definition) is 1. The smallest absolute Gasteiger partial charge is 0.263 e. The van der Waals surface area contributed by atoms with Gasteiger partial charge >= 0.3 is 0 Å². The van der Waals surface area contributed by atoms with Crippen molar-refractivity contribution < 1.29 is 13.9 Å². The van der Waals surface area contributed by atoms with E-state index in [9.17, 15) is 9.18 Å². The van der Waals surface area contributed by atoms with Crippen LogP contribution in [-0.4, -0.2) is 35.6 Å². The van der Waals surface area contributed by atoms with E-state index < -0.39 is 5.41 Å². The molecule has 1 fully saturated rings. The molecule has 4 rings (SSSR count). The third-order valence-corrected chi connectivity index (χ3v) is 6.55. The maximum absolute atomic E-state index is 14.6. The van der Waals surface area contributed by atoms with Gasteiger partial charge in [0.05, 0.1) is 11.4 Å². The first kappa shape index (κ1) is 19.7. The minimum atomic E-state index is -0.471. The zero-order valence-corrected chi connectivity index (χ0v) is 17.0. The Bertz CT molecular complexity index is 1000. The van der Waals surface area contributed by atoms with Gasteiger partial charge in [-0.1, -0.05) is 24.3 Å². The van der Waals surface area contributed by atoms with Crippen LogP contribution in [0, 0.1) is 12.7 Å². The summed E-state index contributed by atoms with van der Waals surface area (Å²) >= 11 is 1.32. The van der Waals surface area contributed by atoms with Gasteiger partial charge in [0.15, 0.2) is 0 Å². The topological polar surface area (TPSA) is 64.1 Å². The van der Waals surface area contributed by atoms with Crippen LogP contribution in [0.5, 0.6) is 0 Å². The molecule has 29 heavy (non-hydrogen) atoms. The number of nitrogens with one attached hydrogen (secondary N) is 1. The Labute approximate surface area is 173 Å². The van der Waals surface area contributed by atoms with Crippen molar-refractivity contribution in [2.24, 2.45) is 0 Å². The van der Waals surface area contributed by atoms with Gasteiger partial charge in [0.1, 0.15) is 15.7 Å². The molecule has 1 saturated heterocycles.